The molecule has 2 aliphatic heterocycles. The molecule has 29 heavy (non-hydrogen) atoms. The van der Waals surface area contributed by atoms with E-state index in [0.29, 0.717) is 25.4 Å². The van der Waals surface area contributed by atoms with Crippen LogP contribution < -0.4 is 9.42 Å². The number of nitrogens with zero attached hydrogens (tertiary/aromatic N) is 2. The van der Waals surface area contributed by atoms with Crippen molar-refractivity contribution in [3.05, 3.63) is 95.6 Å². The minimum absolute atomic E-state index is 0.00319. The molecule has 6 heteroatoms. The first-order chi connectivity index (χ1) is 14.1. The van der Waals surface area contributed by atoms with E-state index in [1.165, 1.54) is 22.4 Å². The Balaban J connectivity index is 1.49. The summed E-state index contributed by atoms with van der Waals surface area (Å²) in [5.74, 6) is 0.410. The van der Waals surface area contributed by atoms with Crippen LogP contribution in [0.3, 0.4) is 0 Å². The average molecular weight is 406 g/mol. The molecule has 0 aliphatic carbocycles. The number of para-hydroxylation sites is 2. The first kappa shape index (κ1) is 18.4. The van der Waals surface area contributed by atoms with Gasteiger partial charge in [-0.25, -0.2) is 4.57 Å². The highest BCUT2D eigenvalue weighted by atomic mass is 31.2. The summed E-state index contributed by atoms with van der Waals surface area (Å²) in [6.45, 7) is 1.57. The molecular formula is C23H23N2O3P. The van der Waals surface area contributed by atoms with Crippen molar-refractivity contribution in [1.82, 2.24) is 4.67 Å². The molecule has 5 rings (SSSR count). The maximum absolute atomic E-state index is 13.1. The third-order valence-electron chi connectivity index (χ3n) is 5.78. The first-order valence-corrected chi connectivity index (χ1v) is 11.4. The van der Waals surface area contributed by atoms with Crippen LogP contribution in [0.1, 0.15) is 22.7 Å². The zero-order valence-corrected chi connectivity index (χ0v) is 16.9. The first-order valence-electron chi connectivity index (χ1n) is 9.87. The number of hydrogen-bond donors (Lipinski definition) is 1. The largest absolute Gasteiger partial charge is 0.458 e. The fraction of sp³-hybridized carbons (Fsp3) is 0.217. The molecule has 2 unspecified atom stereocenters. The van der Waals surface area contributed by atoms with Gasteiger partial charge >= 0.3 is 7.75 Å². The molecular weight excluding hydrogens is 383 g/mol. The van der Waals surface area contributed by atoms with Crippen LogP contribution in [0.2, 0.25) is 0 Å². The summed E-state index contributed by atoms with van der Waals surface area (Å²) in [4.78, 5) is 13.1. The maximum Gasteiger partial charge on any atom is 0.458 e. The van der Waals surface area contributed by atoms with E-state index in [1.807, 2.05) is 12.1 Å². The second kappa shape index (κ2) is 7.34. The predicted molar refractivity (Wildman–Crippen MR) is 114 cm³/mol. The van der Waals surface area contributed by atoms with Crippen molar-refractivity contribution in [2.45, 2.75) is 12.5 Å². The molecule has 1 saturated heterocycles. The predicted octanol–water partition coefficient (Wildman–Crippen LogP) is 4.63. The van der Waals surface area contributed by atoms with Crippen LogP contribution in [0.25, 0.3) is 0 Å². The summed E-state index contributed by atoms with van der Waals surface area (Å²) in [6, 6.07) is 25.7. The Morgan fingerprint density at radius 2 is 1.55 bits per heavy atom. The topological polar surface area (TPSA) is 53.0 Å². The molecule has 3 aromatic rings. The molecule has 0 radical (unpaired) electrons. The van der Waals surface area contributed by atoms with Gasteiger partial charge in [0.1, 0.15) is 5.75 Å². The zero-order chi connectivity index (χ0) is 19.8. The van der Waals surface area contributed by atoms with Crippen molar-refractivity contribution in [2.75, 3.05) is 24.5 Å². The van der Waals surface area contributed by atoms with E-state index in [4.69, 9.17) is 4.52 Å². The molecule has 2 aliphatic rings. The van der Waals surface area contributed by atoms with Gasteiger partial charge in [0.25, 0.3) is 0 Å². The molecule has 148 valence electrons. The summed E-state index contributed by atoms with van der Waals surface area (Å²) < 4.78 is 20.2. The Morgan fingerprint density at radius 3 is 2.38 bits per heavy atom. The smallest absolute Gasteiger partial charge is 0.413 e. The van der Waals surface area contributed by atoms with Gasteiger partial charge in [-0.1, -0.05) is 60.7 Å². The number of hydrogen-bond acceptors (Lipinski definition) is 3. The summed E-state index contributed by atoms with van der Waals surface area (Å²) >= 11 is 0. The molecule has 1 N–H and O–H groups in total. The van der Waals surface area contributed by atoms with Crippen LogP contribution in [0.5, 0.6) is 5.75 Å². The van der Waals surface area contributed by atoms with E-state index in [2.05, 4.69) is 47.4 Å². The van der Waals surface area contributed by atoms with Gasteiger partial charge in [0.05, 0.1) is 6.04 Å². The van der Waals surface area contributed by atoms with Crippen LogP contribution >= 0.6 is 7.75 Å². The zero-order valence-electron chi connectivity index (χ0n) is 16.0. The molecule has 0 bridgehead atoms. The molecule has 0 saturated carbocycles. The Bertz CT molecular complexity index is 1070. The van der Waals surface area contributed by atoms with E-state index in [9.17, 15) is 9.46 Å². The lowest BCUT2D eigenvalue weighted by Gasteiger charge is -2.43. The van der Waals surface area contributed by atoms with Crippen molar-refractivity contribution in [3.63, 3.8) is 0 Å². The molecule has 2 heterocycles. The third kappa shape index (κ3) is 3.46. The summed E-state index contributed by atoms with van der Waals surface area (Å²) in [5, 5.41) is 0. The van der Waals surface area contributed by atoms with E-state index in [0.717, 1.165) is 6.42 Å². The van der Waals surface area contributed by atoms with Crippen LogP contribution in [0, 0.1) is 0 Å². The van der Waals surface area contributed by atoms with E-state index >= 15 is 0 Å². The second-order valence-corrected chi connectivity index (χ2v) is 9.25. The highest BCUT2D eigenvalue weighted by Crippen LogP contribution is 2.50. The van der Waals surface area contributed by atoms with Gasteiger partial charge in [0.15, 0.2) is 0 Å². The van der Waals surface area contributed by atoms with Crippen LogP contribution in [-0.4, -0.2) is 29.2 Å². The Hall–Kier alpha value is -2.59. The van der Waals surface area contributed by atoms with Crippen molar-refractivity contribution in [2.24, 2.45) is 0 Å². The maximum atomic E-state index is 13.1. The molecule has 5 nitrogen and oxygen atoms in total. The molecule has 0 spiro atoms. The van der Waals surface area contributed by atoms with Gasteiger partial charge in [-0.2, -0.15) is 4.67 Å². The van der Waals surface area contributed by atoms with E-state index < -0.39 is 7.75 Å². The number of piperazine rings is 1. The second-order valence-electron chi connectivity index (χ2n) is 7.52. The Labute approximate surface area is 170 Å². The van der Waals surface area contributed by atoms with Crippen molar-refractivity contribution in [1.29, 1.82) is 0 Å². The molecule has 0 amide bonds. The summed E-state index contributed by atoms with van der Waals surface area (Å²) in [6.07, 6.45) is 0.872. The SMILES string of the molecule is O=P(O)(Oc1ccccc1)N1CCN2c3ccccc3Cc3ccccc3C2C1. The lowest BCUT2D eigenvalue weighted by molar-refractivity contribution is 0.247. The van der Waals surface area contributed by atoms with Crippen LogP contribution in [0.4, 0.5) is 5.69 Å². The van der Waals surface area contributed by atoms with E-state index in [1.54, 1.807) is 28.9 Å². The number of anilines is 1. The lowest BCUT2D eigenvalue weighted by Crippen LogP contribution is -2.47. The number of fused-ring (bicyclic) bond motifs is 5. The minimum atomic E-state index is -3.96. The van der Waals surface area contributed by atoms with Crippen LogP contribution in [-0.2, 0) is 11.0 Å². The fourth-order valence-electron chi connectivity index (χ4n) is 4.39. The van der Waals surface area contributed by atoms with Gasteiger partial charge in [0.2, 0.25) is 0 Å². The minimum Gasteiger partial charge on any atom is -0.413 e. The van der Waals surface area contributed by atoms with Gasteiger partial charge in [0, 0.05) is 25.3 Å². The number of rotatable bonds is 3. The normalized spacial score (nSPS) is 20.6. The highest BCUT2D eigenvalue weighted by molar-refractivity contribution is 7.50. The van der Waals surface area contributed by atoms with Gasteiger partial charge in [-0.15, -0.1) is 0 Å². The van der Waals surface area contributed by atoms with Crippen molar-refractivity contribution >= 4 is 13.4 Å². The van der Waals surface area contributed by atoms with Gasteiger partial charge < -0.3 is 14.3 Å². The number of benzene rings is 3. The van der Waals surface area contributed by atoms with Crippen LogP contribution in [0.15, 0.2) is 78.9 Å². The quantitative estimate of drug-likeness (QED) is 0.643. The highest BCUT2D eigenvalue weighted by Gasteiger charge is 2.40. The summed E-state index contributed by atoms with van der Waals surface area (Å²) in [5.41, 5.74) is 4.99. The fourth-order valence-corrected chi connectivity index (χ4v) is 5.61. The summed E-state index contributed by atoms with van der Waals surface area (Å²) in [7, 11) is -3.96. The van der Waals surface area contributed by atoms with Crippen molar-refractivity contribution < 1.29 is 14.0 Å². The standard InChI is InChI=1S/C23H23N2O3P/c26-29(27,28-20-10-2-1-3-11-20)24-14-15-25-22-13-7-5-9-19(22)16-18-8-4-6-12-21(18)23(25)17-24/h1-13,23H,14-17H2,(H,26,27). The molecule has 1 fully saturated rings. The molecule has 2 atom stereocenters. The average Bonchev–Trinajstić information content (AvgIpc) is 2.88. The van der Waals surface area contributed by atoms with E-state index in [-0.39, 0.29) is 6.04 Å². The monoisotopic (exact) mass is 406 g/mol. The third-order valence-corrected chi connectivity index (χ3v) is 7.31. The molecule has 0 aromatic heterocycles. The Morgan fingerprint density at radius 1 is 0.862 bits per heavy atom. The lowest BCUT2D eigenvalue weighted by atomic mass is 9.96. The molecule has 3 aromatic carbocycles. The van der Waals surface area contributed by atoms with Crippen molar-refractivity contribution in [3.8, 4) is 5.75 Å². The van der Waals surface area contributed by atoms with Gasteiger partial charge in [-0.05, 0) is 41.3 Å². The van der Waals surface area contributed by atoms with Gasteiger partial charge in [-0.3, -0.25) is 0 Å². The Kier molecular flexibility index (Phi) is 4.67.